The lowest BCUT2D eigenvalue weighted by Crippen LogP contribution is -2.28. The molecule has 0 aliphatic heterocycles. The van der Waals surface area contributed by atoms with Crippen LogP contribution < -0.4 is 4.72 Å². The lowest BCUT2D eigenvalue weighted by molar-refractivity contribution is 0.153. The summed E-state index contributed by atoms with van der Waals surface area (Å²) in [6, 6.07) is 0. The van der Waals surface area contributed by atoms with Crippen LogP contribution in [0.1, 0.15) is 18.2 Å². The number of sulfonamides is 1. The zero-order valence-corrected chi connectivity index (χ0v) is 10.7. The predicted octanol–water partition coefficient (Wildman–Crippen LogP) is -0.475. The van der Waals surface area contributed by atoms with Gasteiger partial charge < -0.3 is 9.84 Å². The molecule has 7 nitrogen and oxygen atoms in total. The molecule has 0 aliphatic rings. The van der Waals surface area contributed by atoms with Gasteiger partial charge in [-0.2, -0.15) is 5.10 Å². The van der Waals surface area contributed by atoms with Crippen molar-refractivity contribution in [2.75, 3.05) is 19.8 Å². The summed E-state index contributed by atoms with van der Waals surface area (Å²) in [5, 5.41) is 15.1. The van der Waals surface area contributed by atoms with Crippen LogP contribution in [0.15, 0.2) is 5.03 Å². The Morgan fingerprint density at radius 1 is 1.53 bits per heavy atom. The summed E-state index contributed by atoms with van der Waals surface area (Å²) >= 11 is 0. The van der Waals surface area contributed by atoms with E-state index in [1.54, 1.807) is 6.92 Å². The minimum absolute atomic E-state index is 0.158. The average molecular weight is 263 g/mol. The molecule has 1 rings (SSSR count). The first kappa shape index (κ1) is 14.1. The maximum Gasteiger partial charge on any atom is 0.260 e. The largest absolute Gasteiger partial charge is 0.392 e. The third-order valence-electron chi connectivity index (χ3n) is 2.19. The van der Waals surface area contributed by atoms with E-state index in [1.165, 1.54) is 0 Å². The summed E-state index contributed by atoms with van der Waals surface area (Å²) in [5.41, 5.74) is 0.826. The van der Waals surface area contributed by atoms with Crippen LogP contribution >= 0.6 is 0 Å². The molecule has 0 saturated heterocycles. The highest BCUT2D eigenvalue weighted by molar-refractivity contribution is 7.89. The summed E-state index contributed by atoms with van der Waals surface area (Å²) < 4.78 is 31.0. The SMILES string of the molecule is CCOCCNS(=O)(=O)c1n[nH]c(C)c1CO. The van der Waals surface area contributed by atoms with E-state index < -0.39 is 10.0 Å². The van der Waals surface area contributed by atoms with Crippen molar-refractivity contribution in [1.29, 1.82) is 0 Å². The van der Waals surface area contributed by atoms with Crippen molar-refractivity contribution < 1.29 is 18.3 Å². The Morgan fingerprint density at radius 3 is 2.82 bits per heavy atom. The van der Waals surface area contributed by atoms with E-state index >= 15 is 0 Å². The van der Waals surface area contributed by atoms with E-state index in [4.69, 9.17) is 9.84 Å². The molecule has 8 heteroatoms. The minimum atomic E-state index is -3.70. The van der Waals surface area contributed by atoms with E-state index in [-0.39, 0.29) is 23.7 Å². The topological polar surface area (TPSA) is 104 Å². The molecule has 0 bridgehead atoms. The number of nitrogens with zero attached hydrogens (tertiary/aromatic N) is 1. The Kier molecular flexibility index (Phi) is 5.06. The van der Waals surface area contributed by atoms with Gasteiger partial charge in [0.1, 0.15) is 0 Å². The van der Waals surface area contributed by atoms with Gasteiger partial charge >= 0.3 is 0 Å². The lowest BCUT2D eigenvalue weighted by Gasteiger charge is -2.05. The second kappa shape index (κ2) is 6.10. The van der Waals surface area contributed by atoms with Gasteiger partial charge in [0.2, 0.25) is 0 Å². The lowest BCUT2D eigenvalue weighted by atomic mass is 10.3. The highest BCUT2D eigenvalue weighted by Gasteiger charge is 2.22. The number of aryl methyl sites for hydroxylation is 1. The summed E-state index contributed by atoms with van der Waals surface area (Å²) in [6.45, 7) is 4.11. The Bertz CT molecular complexity index is 455. The zero-order chi connectivity index (χ0) is 12.9. The van der Waals surface area contributed by atoms with Crippen LogP contribution in [0.25, 0.3) is 0 Å². The summed E-state index contributed by atoms with van der Waals surface area (Å²) in [7, 11) is -3.70. The molecule has 0 aliphatic carbocycles. The summed E-state index contributed by atoms with van der Waals surface area (Å²) in [6.07, 6.45) is 0. The monoisotopic (exact) mass is 263 g/mol. The molecule has 17 heavy (non-hydrogen) atoms. The number of aliphatic hydroxyl groups is 1. The van der Waals surface area contributed by atoms with Crippen molar-refractivity contribution in [1.82, 2.24) is 14.9 Å². The number of aliphatic hydroxyl groups excluding tert-OH is 1. The predicted molar refractivity (Wildman–Crippen MR) is 60.9 cm³/mol. The van der Waals surface area contributed by atoms with Crippen LogP contribution in [0.2, 0.25) is 0 Å². The standard InChI is InChI=1S/C9H17N3O4S/c1-3-16-5-4-10-17(14,15)9-8(6-13)7(2)11-12-9/h10,13H,3-6H2,1-2H3,(H,11,12). The van der Waals surface area contributed by atoms with Crippen molar-refractivity contribution in [3.8, 4) is 0 Å². The molecular formula is C9H17N3O4S. The number of nitrogens with one attached hydrogen (secondary N) is 2. The zero-order valence-electron chi connectivity index (χ0n) is 9.86. The molecule has 0 saturated carbocycles. The Balaban J connectivity index is 2.75. The first-order valence-electron chi connectivity index (χ1n) is 5.25. The molecule has 0 aromatic carbocycles. The minimum Gasteiger partial charge on any atom is -0.392 e. The van der Waals surface area contributed by atoms with Gasteiger partial charge in [0.05, 0.1) is 13.2 Å². The van der Waals surface area contributed by atoms with Crippen LogP contribution in [0.4, 0.5) is 0 Å². The average Bonchev–Trinajstić information content (AvgIpc) is 2.66. The van der Waals surface area contributed by atoms with Crippen LogP contribution in [-0.2, 0) is 21.4 Å². The van der Waals surface area contributed by atoms with Crippen molar-refractivity contribution >= 4 is 10.0 Å². The normalized spacial score (nSPS) is 11.9. The summed E-state index contributed by atoms with van der Waals surface area (Å²) in [5.74, 6) is 0. The van der Waals surface area contributed by atoms with Gasteiger partial charge in [-0.3, -0.25) is 5.10 Å². The number of H-pyrrole nitrogens is 1. The molecule has 3 N–H and O–H groups in total. The third-order valence-corrected chi connectivity index (χ3v) is 3.62. The van der Waals surface area contributed by atoms with Crippen LogP contribution in [0.5, 0.6) is 0 Å². The second-order valence-electron chi connectivity index (χ2n) is 3.39. The molecular weight excluding hydrogens is 246 g/mol. The first-order chi connectivity index (χ1) is 8.03. The van der Waals surface area contributed by atoms with E-state index in [1.807, 2.05) is 6.92 Å². The molecule has 0 amide bonds. The van der Waals surface area contributed by atoms with Crippen molar-refractivity contribution in [3.05, 3.63) is 11.3 Å². The van der Waals surface area contributed by atoms with E-state index in [0.29, 0.717) is 18.9 Å². The van der Waals surface area contributed by atoms with E-state index in [2.05, 4.69) is 14.9 Å². The van der Waals surface area contributed by atoms with E-state index in [0.717, 1.165) is 0 Å². The Hall–Kier alpha value is -0.960. The number of aromatic amines is 1. The van der Waals surface area contributed by atoms with Crippen molar-refractivity contribution in [2.24, 2.45) is 0 Å². The molecule has 1 heterocycles. The van der Waals surface area contributed by atoms with Gasteiger partial charge in [0.15, 0.2) is 5.03 Å². The van der Waals surface area contributed by atoms with Crippen molar-refractivity contribution in [2.45, 2.75) is 25.5 Å². The smallest absolute Gasteiger partial charge is 0.260 e. The quantitative estimate of drug-likeness (QED) is 0.577. The summed E-state index contributed by atoms with van der Waals surface area (Å²) in [4.78, 5) is 0. The highest BCUT2D eigenvalue weighted by atomic mass is 32.2. The fourth-order valence-corrected chi connectivity index (χ4v) is 2.50. The van der Waals surface area contributed by atoms with Gasteiger partial charge in [0.25, 0.3) is 10.0 Å². The number of hydrogen-bond acceptors (Lipinski definition) is 5. The van der Waals surface area contributed by atoms with Gasteiger partial charge in [-0.05, 0) is 13.8 Å². The van der Waals surface area contributed by atoms with Crippen molar-refractivity contribution in [3.63, 3.8) is 0 Å². The molecule has 0 radical (unpaired) electrons. The molecule has 98 valence electrons. The maximum atomic E-state index is 11.8. The number of ether oxygens (including phenoxy) is 1. The fraction of sp³-hybridized carbons (Fsp3) is 0.667. The molecule has 1 aromatic heterocycles. The molecule has 0 unspecified atom stereocenters. The number of hydrogen-bond donors (Lipinski definition) is 3. The van der Waals surface area contributed by atoms with Crippen LogP contribution in [-0.4, -0.2) is 43.5 Å². The Labute approximate surface area is 100 Å². The first-order valence-corrected chi connectivity index (χ1v) is 6.73. The maximum absolute atomic E-state index is 11.8. The molecule has 0 atom stereocenters. The Morgan fingerprint density at radius 2 is 2.24 bits per heavy atom. The molecule has 0 spiro atoms. The van der Waals surface area contributed by atoms with Crippen LogP contribution in [0.3, 0.4) is 0 Å². The second-order valence-corrected chi connectivity index (χ2v) is 5.07. The third kappa shape index (κ3) is 3.50. The molecule has 0 fully saturated rings. The fourth-order valence-electron chi connectivity index (χ4n) is 1.30. The van der Waals surface area contributed by atoms with Gasteiger partial charge in [-0.15, -0.1) is 0 Å². The number of rotatable bonds is 7. The van der Waals surface area contributed by atoms with E-state index in [9.17, 15) is 8.42 Å². The number of aromatic nitrogens is 2. The molecule has 1 aromatic rings. The van der Waals surface area contributed by atoms with Gasteiger partial charge in [-0.25, -0.2) is 13.1 Å². The van der Waals surface area contributed by atoms with Crippen LogP contribution in [0, 0.1) is 6.92 Å². The van der Waals surface area contributed by atoms with Gasteiger partial charge in [-0.1, -0.05) is 0 Å². The highest BCUT2D eigenvalue weighted by Crippen LogP contribution is 2.15. The van der Waals surface area contributed by atoms with Gasteiger partial charge in [0, 0.05) is 24.4 Å².